The Morgan fingerprint density at radius 3 is 2.67 bits per heavy atom. The van der Waals surface area contributed by atoms with Crippen molar-refractivity contribution in [3.8, 4) is 5.88 Å². The van der Waals surface area contributed by atoms with E-state index in [4.69, 9.17) is 0 Å². The highest BCUT2D eigenvalue weighted by molar-refractivity contribution is 5.31. The molecule has 0 radical (unpaired) electrons. The fourth-order valence-electron chi connectivity index (χ4n) is 3.17. The summed E-state index contributed by atoms with van der Waals surface area (Å²) in [7, 11) is 0. The molecule has 21 heavy (non-hydrogen) atoms. The Labute approximate surface area is 123 Å². The van der Waals surface area contributed by atoms with Gasteiger partial charge >= 0.3 is 0 Å². The highest BCUT2D eigenvalue weighted by Crippen LogP contribution is 2.35. The van der Waals surface area contributed by atoms with E-state index in [1.807, 2.05) is 31.2 Å². The molecule has 1 heterocycles. The second-order valence-electron chi connectivity index (χ2n) is 5.83. The molecule has 1 saturated carbocycles. The van der Waals surface area contributed by atoms with Crippen molar-refractivity contribution in [1.82, 2.24) is 9.97 Å². The summed E-state index contributed by atoms with van der Waals surface area (Å²) in [6.07, 6.45) is 4.70. The van der Waals surface area contributed by atoms with Crippen LogP contribution in [0.25, 0.3) is 0 Å². The Hall–Kier alpha value is -2.10. The summed E-state index contributed by atoms with van der Waals surface area (Å²) in [5.41, 5.74) is 2.55. The van der Waals surface area contributed by atoms with Crippen molar-refractivity contribution < 1.29 is 5.11 Å². The van der Waals surface area contributed by atoms with Gasteiger partial charge in [0.2, 0.25) is 5.88 Å². The van der Waals surface area contributed by atoms with Crippen LogP contribution in [0.4, 0.5) is 0 Å². The lowest BCUT2D eigenvalue weighted by Gasteiger charge is -2.11. The van der Waals surface area contributed by atoms with E-state index < -0.39 is 0 Å². The van der Waals surface area contributed by atoms with Gasteiger partial charge in [0.15, 0.2) is 0 Å². The van der Waals surface area contributed by atoms with Gasteiger partial charge in [0.25, 0.3) is 5.56 Å². The molecule has 3 rings (SSSR count). The molecule has 1 aliphatic carbocycles. The van der Waals surface area contributed by atoms with Gasteiger partial charge in [-0.15, -0.1) is 0 Å². The predicted molar refractivity (Wildman–Crippen MR) is 81.7 cm³/mol. The van der Waals surface area contributed by atoms with E-state index in [9.17, 15) is 9.90 Å². The molecule has 0 aliphatic heterocycles. The minimum atomic E-state index is -0.182. The van der Waals surface area contributed by atoms with Crippen LogP contribution in [-0.2, 0) is 6.42 Å². The van der Waals surface area contributed by atoms with Gasteiger partial charge in [-0.2, -0.15) is 4.98 Å². The maximum atomic E-state index is 12.3. The van der Waals surface area contributed by atoms with Crippen LogP contribution < -0.4 is 5.56 Å². The first-order chi connectivity index (χ1) is 10.1. The lowest BCUT2D eigenvalue weighted by molar-refractivity contribution is 0.432. The highest BCUT2D eigenvalue weighted by atomic mass is 16.3. The third-order valence-electron chi connectivity index (χ3n) is 4.37. The Kier molecular flexibility index (Phi) is 3.78. The minimum absolute atomic E-state index is 0.0887. The van der Waals surface area contributed by atoms with Gasteiger partial charge in [0.05, 0.1) is 5.56 Å². The zero-order valence-electron chi connectivity index (χ0n) is 12.2. The summed E-state index contributed by atoms with van der Waals surface area (Å²) in [6, 6.07) is 7.99. The van der Waals surface area contributed by atoms with Crippen molar-refractivity contribution in [2.45, 2.75) is 44.9 Å². The van der Waals surface area contributed by atoms with Gasteiger partial charge < -0.3 is 10.1 Å². The van der Waals surface area contributed by atoms with Crippen LogP contribution in [0.5, 0.6) is 5.88 Å². The molecule has 1 aromatic carbocycles. The van der Waals surface area contributed by atoms with Crippen LogP contribution in [-0.4, -0.2) is 15.1 Å². The van der Waals surface area contributed by atoms with E-state index in [0.717, 1.165) is 36.8 Å². The number of hydrogen-bond acceptors (Lipinski definition) is 3. The molecule has 1 aromatic heterocycles. The highest BCUT2D eigenvalue weighted by Gasteiger charge is 2.24. The van der Waals surface area contributed by atoms with Gasteiger partial charge in [0, 0.05) is 6.42 Å². The molecule has 110 valence electrons. The quantitative estimate of drug-likeness (QED) is 0.910. The van der Waals surface area contributed by atoms with Crippen LogP contribution in [0.1, 0.15) is 54.1 Å². The molecule has 1 fully saturated rings. The smallest absolute Gasteiger partial charge is 0.258 e. The molecule has 4 heteroatoms. The van der Waals surface area contributed by atoms with Crippen molar-refractivity contribution in [2.75, 3.05) is 0 Å². The Balaban J connectivity index is 1.92. The minimum Gasteiger partial charge on any atom is -0.493 e. The van der Waals surface area contributed by atoms with Crippen LogP contribution in [0, 0.1) is 6.92 Å². The lowest BCUT2D eigenvalue weighted by atomic mass is 9.99. The van der Waals surface area contributed by atoms with Crippen molar-refractivity contribution in [3.63, 3.8) is 0 Å². The predicted octanol–water partition coefficient (Wildman–Crippen LogP) is 3.03. The Morgan fingerprint density at radius 2 is 2.00 bits per heavy atom. The summed E-state index contributed by atoms with van der Waals surface area (Å²) in [5.74, 6) is 0.594. The van der Waals surface area contributed by atoms with Gasteiger partial charge in [-0.1, -0.05) is 37.1 Å². The molecule has 0 amide bonds. The summed E-state index contributed by atoms with van der Waals surface area (Å²) in [4.78, 5) is 19.3. The van der Waals surface area contributed by atoms with E-state index in [0.29, 0.717) is 17.8 Å². The first-order valence-corrected chi connectivity index (χ1v) is 7.51. The molecule has 1 aliphatic rings. The number of nitrogens with one attached hydrogen (secondary N) is 1. The number of nitrogens with zero attached hydrogens (tertiary/aromatic N) is 1. The van der Waals surface area contributed by atoms with E-state index >= 15 is 0 Å². The molecule has 0 saturated heterocycles. The second kappa shape index (κ2) is 5.72. The summed E-state index contributed by atoms with van der Waals surface area (Å²) < 4.78 is 0. The molecular weight excluding hydrogens is 264 g/mol. The molecule has 0 bridgehead atoms. The molecule has 4 nitrogen and oxygen atoms in total. The largest absolute Gasteiger partial charge is 0.493 e. The Morgan fingerprint density at radius 1 is 1.29 bits per heavy atom. The SMILES string of the molecule is Cc1ccccc1Cc1nc(O)c(C2CCCC2)c(=O)[nH]1. The summed E-state index contributed by atoms with van der Waals surface area (Å²) in [5, 5.41) is 10.1. The molecule has 2 N–H and O–H groups in total. The second-order valence-corrected chi connectivity index (χ2v) is 5.83. The third-order valence-corrected chi connectivity index (χ3v) is 4.37. The first kappa shape index (κ1) is 13.9. The number of hydrogen-bond donors (Lipinski definition) is 2. The molecular formula is C17H20N2O2. The fraction of sp³-hybridized carbons (Fsp3) is 0.412. The zero-order valence-corrected chi connectivity index (χ0v) is 12.2. The van der Waals surface area contributed by atoms with Crippen LogP contribution in [0.15, 0.2) is 29.1 Å². The number of aromatic amines is 1. The summed E-state index contributed by atoms with van der Waals surface area (Å²) in [6.45, 7) is 2.03. The number of aryl methyl sites for hydroxylation is 1. The van der Waals surface area contributed by atoms with E-state index in [1.165, 1.54) is 0 Å². The number of aromatic nitrogens is 2. The molecule has 2 aromatic rings. The average molecular weight is 284 g/mol. The third kappa shape index (κ3) is 2.84. The van der Waals surface area contributed by atoms with Crippen LogP contribution in [0.2, 0.25) is 0 Å². The topological polar surface area (TPSA) is 66.0 Å². The first-order valence-electron chi connectivity index (χ1n) is 7.51. The van der Waals surface area contributed by atoms with E-state index in [1.54, 1.807) is 0 Å². The van der Waals surface area contributed by atoms with Gasteiger partial charge in [-0.25, -0.2) is 0 Å². The number of rotatable bonds is 3. The van der Waals surface area contributed by atoms with Crippen molar-refractivity contribution in [1.29, 1.82) is 0 Å². The standard InChI is InChI=1S/C17H20N2O2/c1-11-6-2-3-9-13(11)10-14-18-16(20)15(17(21)19-14)12-7-4-5-8-12/h2-3,6,9,12H,4-5,7-8,10H2,1H3,(H2,18,19,20,21). The van der Waals surface area contributed by atoms with Crippen molar-refractivity contribution in [3.05, 3.63) is 57.1 Å². The van der Waals surface area contributed by atoms with Crippen LogP contribution >= 0.6 is 0 Å². The number of aromatic hydroxyl groups is 1. The molecule has 0 unspecified atom stereocenters. The van der Waals surface area contributed by atoms with Crippen molar-refractivity contribution >= 4 is 0 Å². The van der Waals surface area contributed by atoms with Gasteiger partial charge in [-0.05, 0) is 36.8 Å². The van der Waals surface area contributed by atoms with Crippen molar-refractivity contribution in [2.24, 2.45) is 0 Å². The number of H-pyrrole nitrogens is 1. The monoisotopic (exact) mass is 284 g/mol. The fourth-order valence-corrected chi connectivity index (χ4v) is 3.17. The van der Waals surface area contributed by atoms with E-state index in [-0.39, 0.29) is 17.4 Å². The van der Waals surface area contributed by atoms with Crippen LogP contribution in [0.3, 0.4) is 0 Å². The normalized spacial score (nSPS) is 15.5. The average Bonchev–Trinajstić information content (AvgIpc) is 2.94. The zero-order chi connectivity index (χ0) is 14.8. The van der Waals surface area contributed by atoms with Gasteiger partial charge in [0.1, 0.15) is 5.82 Å². The Bertz CT molecular complexity index is 700. The lowest BCUT2D eigenvalue weighted by Crippen LogP contribution is -2.19. The molecule has 0 spiro atoms. The maximum Gasteiger partial charge on any atom is 0.258 e. The summed E-state index contributed by atoms with van der Waals surface area (Å²) >= 11 is 0. The van der Waals surface area contributed by atoms with Gasteiger partial charge in [-0.3, -0.25) is 4.79 Å². The molecule has 0 atom stereocenters. The maximum absolute atomic E-state index is 12.3. The van der Waals surface area contributed by atoms with E-state index in [2.05, 4.69) is 9.97 Å². The number of benzene rings is 1.